The Labute approximate surface area is 124 Å². The van der Waals surface area contributed by atoms with Gasteiger partial charge < -0.3 is 15.1 Å². The number of piperazine rings is 1. The van der Waals surface area contributed by atoms with Crippen molar-refractivity contribution in [2.45, 2.75) is 31.7 Å². The number of halogens is 1. The van der Waals surface area contributed by atoms with Gasteiger partial charge in [0.2, 0.25) is 0 Å². The number of likely N-dealkylation sites (N-methyl/N-ethyl adjacent to an activating group) is 1. The second-order valence-corrected chi connectivity index (χ2v) is 6.72. The molecule has 1 aliphatic heterocycles. The Morgan fingerprint density at radius 1 is 1.17 bits per heavy atom. The van der Waals surface area contributed by atoms with Crippen LogP contribution in [-0.2, 0) is 0 Å². The lowest BCUT2D eigenvalue weighted by Gasteiger charge is -2.36. The van der Waals surface area contributed by atoms with Crippen LogP contribution in [0.15, 0.2) is 0 Å². The summed E-state index contributed by atoms with van der Waals surface area (Å²) in [6, 6.07) is 0.429. The molecule has 2 rings (SSSR count). The van der Waals surface area contributed by atoms with E-state index in [0.717, 1.165) is 18.8 Å². The molecular weight excluding hydrogens is 341 g/mol. The maximum absolute atomic E-state index is 11.0. The number of hydrogen-bond donors (Lipinski definition) is 1. The van der Waals surface area contributed by atoms with Gasteiger partial charge >= 0.3 is 0 Å². The van der Waals surface area contributed by atoms with Crippen LogP contribution in [-0.4, -0.2) is 59.5 Å². The quantitative estimate of drug-likeness (QED) is 0.472. The second-order valence-electron chi connectivity index (χ2n) is 5.74. The van der Waals surface area contributed by atoms with Crippen LogP contribution >= 0.6 is 22.6 Å². The molecule has 0 spiro atoms. The van der Waals surface area contributed by atoms with Crippen molar-refractivity contribution in [2.75, 3.05) is 39.8 Å². The molecule has 0 aromatic carbocycles. The average molecular weight is 365 g/mol. The lowest BCUT2D eigenvalue weighted by atomic mass is 9.85. The second kappa shape index (κ2) is 7.05. The highest BCUT2D eigenvalue weighted by molar-refractivity contribution is 14.1. The lowest BCUT2D eigenvalue weighted by molar-refractivity contribution is 0.122. The fraction of sp³-hybridized carbons (Fsp3) is 0.923. The van der Waals surface area contributed by atoms with Gasteiger partial charge in [-0.15, -0.1) is 0 Å². The van der Waals surface area contributed by atoms with E-state index in [1.807, 2.05) is 22.6 Å². The maximum Gasteiger partial charge on any atom is 0.280 e. The van der Waals surface area contributed by atoms with Gasteiger partial charge in [0.15, 0.2) is 0 Å². The molecule has 104 valence electrons. The summed E-state index contributed by atoms with van der Waals surface area (Å²) in [5.41, 5.74) is 0. The number of nitrogens with one attached hydrogen (secondary N) is 1. The first-order valence-corrected chi connectivity index (χ1v) is 8.08. The minimum absolute atomic E-state index is 0.0927. The molecular formula is C13H24IN3O. The van der Waals surface area contributed by atoms with Gasteiger partial charge in [-0.3, -0.25) is 4.79 Å². The third-order valence-electron chi connectivity index (χ3n) is 4.28. The van der Waals surface area contributed by atoms with Crippen molar-refractivity contribution < 1.29 is 4.79 Å². The van der Waals surface area contributed by atoms with E-state index in [1.165, 1.54) is 45.6 Å². The molecule has 1 saturated heterocycles. The fourth-order valence-electron chi connectivity index (χ4n) is 3.05. The van der Waals surface area contributed by atoms with Crippen LogP contribution in [0.5, 0.6) is 0 Å². The van der Waals surface area contributed by atoms with E-state index >= 15 is 0 Å². The molecule has 1 heterocycles. The highest BCUT2D eigenvalue weighted by atomic mass is 127. The molecule has 0 atom stereocenters. The molecule has 2 aliphatic rings. The van der Waals surface area contributed by atoms with Crippen molar-refractivity contribution in [3.05, 3.63) is 0 Å². The number of rotatable bonds is 3. The Morgan fingerprint density at radius 2 is 1.78 bits per heavy atom. The summed E-state index contributed by atoms with van der Waals surface area (Å²) < 4.78 is 0.0927. The van der Waals surface area contributed by atoms with E-state index in [2.05, 4.69) is 22.2 Å². The monoisotopic (exact) mass is 365 g/mol. The van der Waals surface area contributed by atoms with Gasteiger partial charge in [0.25, 0.3) is 3.91 Å². The van der Waals surface area contributed by atoms with Crippen molar-refractivity contribution >= 4 is 26.5 Å². The molecule has 0 aromatic heterocycles. The predicted octanol–water partition coefficient (Wildman–Crippen LogP) is 1.94. The summed E-state index contributed by atoms with van der Waals surface area (Å²) in [4.78, 5) is 16.0. The number of carbonyl (C=O) groups excluding carboxylic acids is 1. The highest BCUT2D eigenvalue weighted by Gasteiger charge is 2.24. The Morgan fingerprint density at radius 3 is 2.33 bits per heavy atom. The average Bonchev–Trinajstić information content (AvgIpc) is 2.34. The SMILES string of the molecule is CN1CCN(C[C@H]2CC[C@H](NC(=O)I)CC2)CC1. The summed E-state index contributed by atoms with van der Waals surface area (Å²) in [5, 5.41) is 3.04. The van der Waals surface area contributed by atoms with Crippen LogP contribution in [0.4, 0.5) is 4.79 Å². The van der Waals surface area contributed by atoms with Crippen molar-refractivity contribution in [3.8, 4) is 0 Å². The zero-order valence-electron chi connectivity index (χ0n) is 11.2. The smallest absolute Gasteiger partial charge is 0.280 e. The lowest BCUT2D eigenvalue weighted by Crippen LogP contribution is -2.46. The van der Waals surface area contributed by atoms with Gasteiger partial charge in [0.05, 0.1) is 0 Å². The molecule has 1 saturated carbocycles. The van der Waals surface area contributed by atoms with Crippen LogP contribution in [0.2, 0.25) is 0 Å². The van der Waals surface area contributed by atoms with Gasteiger partial charge in [0, 0.05) is 61.4 Å². The molecule has 0 bridgehead atoms. The molecule has 1 N–H and O–H groups in total. The van der Waals surface area contributed by atoms with Crippen LogP contribution in [0.25, 0.3) is 0 Å². The first-order chi connectivity index (χ1) is 8.63. The molecule has 0 unspecified atom stereocenters. The number of carbonyl (C=O) groups is 1. The van der Waals surface area contributed by atoms with Gasteiger partial charge in [-0.25, -0.2) is 0 Å². The Kier molecular flexibility index (Phi) is 5.69. The van der Waals surface area contributed by atoms with E-state index < -0.39 is 0 Å². The molecule has 1 aliphatic carbocycles. The van der Waals surface area contributed by atoms with Crippen molar-refractivity contribution in [3.63, 3.8) is 0 Å². The number of amides is 1. The van der Waals surface area contributed by atoms with Crippen LogP contribution in [0, 0.1) is 5.92 Å². The van der Waals surface area contributed by atoms with Crippen molar-refractivity contribution in [2.24, 2.45) is 5.92 Å². The minimum Gasteiger partial charge on any atom is -0.345 e. The Balaban J connectivity index is 1.65. The topological polar surface area (TPSA) is 35.6 Å². The molecule has 2 fully saturated rings. The molecule has 18 heavy (non-hydrogen) atoms. The summed E-state index contributed by atoms with van der Waals surface area (Å²) in [5.74, 6) is 0.843. The molecule has 1 amide bonds. The number of nitrogens with zero attached hydrogens (tertiary/aromatic N) is 2. The Hall–Kier alpha value is 0.120. The highest BCUT2D eigenvalue weighted by Crippen LogP contribution is 2.25. The maximum atomic E-state index is 11.0. The summed E-state index contributed by atoms with van der Waals surface area (Å²) >= 11 is 1.83. The fourth-order valence-corrected chi connectivity index (χ4v) is 3.49. The first-order valence-electron chi connectivity index (χ1n) is 7.00. The van der Waals surface area contributed by atoms with E-state index in [1.54, 1.807) is 0 Å². The van der Waals surface area contributed by atoms with Gasteiger partial charge in [-0.1, -0.05) is 0 Å². The van der Waals surface area contributed by atoms with Crippen LogP contribution in [0.1, 0.15) is 25.7 Å². The Bertz CT molecular complexity index is 271. The normalized spacial score (nSPS) is 31.2. The third-order valence-corrected chi connectivity index (χ3v) is 4.59. The van der Waals surface area contributed by atoms with E-state index in [0.29, 0.717) is 6.04 Å². The van der Waals surface area contributed by atoms with Crippen molar-refractivity contribution in [1.29, 1.82) is 0 Å². The zero-order valence-corrected chi connectivity index (χ0v) is 13.4. The number of hydrogen-bond acceptors (Lipinski definition) is 3. The van der Waals surface area contributed by atoms with E-state index in [-0.39, 0.29) is 3.91 Å². The standard InChI is InChI=1S/C13H24IN3O/c1-16-6-8-17(9-7-16)10-11-2-4-12(5-3-11)15-13(14)18/h11-12H,2-10H2,1H3,(H,15,18)/t11-,12-. The molecule has 5 heteroatoms. The summed E-state index contributed by atoms with van der Waals surface area (Å²) in [6.07, 6.45) is 4.86. The predicted molar refractivity (Wildman–Crippen MR) is 82.2 cm³/mol. The van der Waals surface area contributed by atoms with Gasteiger partial charge in [-0.05, 0) is 38.6 Å². The van der Waals surface area contributed by atoms with Crippen molar-refractivity contribution in [1.82, 2.24) is 15.1 Å². The van der Waals surface area contributed by atoms with Gasteiger partial charge in [-0.2, -0.15) is 0 Å². The summed E-state index contributed by atoms with van der Waals surface area (Å²) in [7, 11) is 2.20. The van der Waals surface area contributed by atoms with E-state index in [4.69, 9.17) is 0 Å². The van der Waals surface area contributed by atoms with Gasteiger partial charge in [0.1, 0.15) is 0 Å². The van der Waals surface area contributed by atoms with E-state index in [9.17, 15) is 4.79 Å². The third kappa shape index (κ3) is 4.66. The largest absolute Gasteiger partial charge is 0.345 e. The molecule has 0 aromatic rings. The summed E-state index contributed by atoms with van der Waals surface area (Å²) in [6.45, 7) is 6.13. The minimum atomic E-state index is 0.0927. The zero-order chi connectivity index (χ0) is 13.0. The van der Waals surface area contributed by atoms with Crippen LogP contribution in [0.3, 0.4) is 0 Å². The van der Waals surface area contributed by atoms with Crippen LogP contribution < -0.4 is 5.32 Å². The first kappa shape index (κ1) is 14.5. The molecule has 0 radical (unpaired) electrons. The molecule has 4 nitrogen and oxygen atoms in total.